The van der Waals surface area contributed by atoms with Crippen LogP contribution in [0, 0.1) is 0 Å². The van der Waals surface area contributed by atoms with E-state index in [0.717, 1.165) is 18.7 Å². The highest BCUT2D eigenvalue weighted by atomic mass is 32.2. The number of hydrogen-bond acceptors (Lipinski definition) is 2. The smallest absolute Gasteiger partial charge is 0.316 e. The van der Waals surface area contributed by atoms with Gasteiger partial charge in [-0.15, -0.1) is 11.8 Å². The Labute approximate surface area is 68.0 Å². The van der Waals surface area contributed by atoms with Crippen molar-refractivity contribution in [1.29, 1.82) is 0 Å². The lowest BCUT2D eigenvalue weighted by molar-refractivity contribution is -0.136. The van der Waals surface area contributed by atoms with Gasteiger partial charge < -0.3 is 5.11 Å². The SMILES string of the molecule is CC(SCC(C)(F)F)C(=O)O. The number of alkyl halides is 2. The van der Waals surface area contributed by atoms with E-state index >= 15 is 0 Å². The molecule has 0 aromatic carbocycles. The van der Waals surface area contributed by atoms with Gasteiger partial charge in [-0.05, 0) is 6.92 Å². The number of halogens is 2. The first-order valence-corrected chi connectivity index (χ1v) is 4.10. The Hall–Kier alpha value is -0.320. The van der Waals surface area contributed by atoms with E-state index < -0.39 is 22.9 Å². The number of rotatable bonds is 4. The Morgan fingerprint density at radius 3 is 2.45 bits per heavy atom. The van der Waals surface area contributed by atoms with Crippen LogP contribution in [0.5, 0.6) is 0 Å². The molecule has 0 radical (unpaired) electrons. The van der Waals surface area contributed by atoms with E-state index in [9.17, 15) is 13.6 Å². The first-order valence-electron chi connectivity index (χ1n) is 3.05. The van der Waals surface area contributed by atoms with E-state index in [0.29, 0.717) is 0 Å². The average Bonchev–Trinajstić information content (AvgIpc) is 1.80. The van der Waals surface area contributed by atoms with Crippen LogP contribution in [0.25, 0.3) is 0 Å². The fourth-order valence-corrected chi connectivity index (χ4v) is 1.03. The van der Waals surface area contributed by atoms with Crippen LogP contribution in [-0.2, 0) is 4.79 Å². The van der Waals surface area contributed by atoms with Crippen LogP contribution in [0.1, 0.15) is 13.8 Å². The molecule has 0 aliphatic rings. The zero-order valence-electron chi connectivity index (χ0n) is 6.30. The number of carboxylic acids is 1. The Balaban J connectivity index is 3.63. The summed E-state index contributed by atoms with van der Waals surface area (Å²) in [6, 6.07) is 0. The molecule has 0 spiro atoms. The standard InChI is InChI=1S/C6H10F2O2S/c1-4(5(9)10)11-3-6(2,7)8/h4H,3H2,1-2H3,(H,9,10). The monoisotopic (exact) mass is 184 g/mol. The molecule has 0 saturated heterocycles. The minimum Gasteiger partial charge on any atom is -0.480 e. The number of aliphatic carboxylic acids is 1. The third kappa shape index (κ3) is 6.09. The van der Waals surface area contributed by atoms with Crippen molar-refractivity contribution in [3.8, 4) is 0 Å². The van der Waals surface area contributed by atoms with Crippen molar-refractivity contribution >= 4 is 17.7 Å². The predicted molar refractivity (Wildman–Crippen MR) is 40.2 cm³/mol. The number of carbonyl (C=O) groups is 1. The highest BCUT2D eigenvalue weighted by Gasteiger charge is 2.24. The van der Waals surface area contributed by atoms with Gasteiger partial charge in [0, 0.05) is 6.92 Å². The molecule has 0 bridgehead atoms. The van der Waals surface area contributed by atoms with Crippen LogP contribution < -0.4 is 0 Å². The van der Waals surface area contributed by atoms with E-state index in [2.05, 4.69) is 0 Å². The van der Waals surface area contributed by atoms with Crippen molar-refractivity contribution in [3.63, 3.8) is 0 Å². The van der Waals surface area contributed by atoms with Gasteiger partial charge in [-0.2, -0.15) is 0 Å². The molecular formula is C6H10F2O2S. The summed E-state index contributed by atoms with van der Waals surface area (Å²) < 4.78 is 24.3. The van der Waals surface area contributed by atoms with Gasteiger partial charge in [0.05, 0.1) is 11.0 Å². The molecule has 0 amide bonds. The molecule has 0 rings (SSSR count). The summed E-state index contributed by atoms with van der Waals surface area (Å²) in [7, 11) is 0. The maximum absolute atomic E-state index is 12.1. The van der Waals surface area contributed by atoms with Crippen molar-refractivity contribution in [2.45, 2.75) is 25.0 Å². The van der Waals surface area contributed by atoms with Crippen molar-refractivity contribution < 1.29 is 18.7 Å². The van der Waals surface area contributed by atoms with Gasteiger partial charge in [-0.3, -0.25) is 4.79 Å². The van der Waals surface area contributed by atoms with Crippen molar-refractivity contribution in [2.75, 3.05) is 5.75 Å². The zero-order chi connectivity index (χ0) is 9.07. The van der Waals surface area contributed by atoms with E-state index in [4.69, 9.17) is 5.11 Å². The Morgan fingerprint density at radius 1 is 1.73 bits per heavy atom. The summed E-state index contributed by atoms with van der Waals surface area (Å²) in [5.74, 6) is -4.28. The van der Waals surface area contributed by atoms with Gasteiger partial charge in [0.15, 0.2) is 0 Å². The molecule has 0 heterocycles. The highest BCUT2D eigenvalue weighted by molar-refractivity contribution is 8.00. The largest absolute Gasteiger partial charge is 0.480 e. The van der Waals surface area contributed by atoms with Gasteiger partial charge >= 0.3 is 5.97 Å². The van der Waals surface area contributed by atoms with E-state index in [1.54, 1.807) is 0 Å². The third-order valence-electron chi connectivity index (χ3n) is 0.935. The number of hydrogen-bond donors (Lipinski definition) is 1. The molecule has 0 aromatic rings. The topological polar surface area (TPSA) is 37.3 Å². The number of carboxylic acid groups (broad SMARTS) is 1. The van der Waals surface area contributed by atoms with Gasteiger partial charge in [0.1, 0.15) is 0 Å². The Kier molecular flexibility index (Phi) is 3.78. The summed E-state index contributed by atoms with van der Waals surface area (Å²) in [5.41, 5.74) is 0. The summed E-state index contributed by atoms with van der Waals surface area (Å²) in [6.45, 7) is 2.16. The Morgan fingerprint density at radius 2 is 2.18 bits per heavy atom. The lowest BCUT2D eigenvalue weighted by Gasteiger charge is -2.11. The molecule has 1 atom stereocenters. The van der Waals surface area contributed by atoms with E-state index in [1.165, 1.54) is 6.92 Å². The molecule has 0 aromatic heterocycles. The summed E-state index contributed by atoms with van der Waals surface area (Å²) in [4.78, 5) is 10.2. The molecule has 11 heavy (non-hydrogen) atoms. The molecule has 1 unspecified atom stereocenters. The molecule has 0 aliphatic carbocycles. The number of thioether (sulfide) groups is 1. The molecule has 5 heteroatoms. The minimum absolute atomic E-state index is 0.444. The van der Waals surface area contributed by atoms with Crippen LogP contribution >= 0.6 is 11.8 Å². The van der Waals surface area contributed by atoms with Crippen LogP contribution in [0.15, 0.2) is 0 Å². The first-order chi connectivity index (χ1) is 4.83. The van der Waals surface area contributed by atoms with Crippen molar-refractivity contribution in [1.82, 2.24) is 0 Å². The maximum Gasteiger partial charge on any atom is 0.316 e. The molecule has 0 aliphatic heterocycles. The fourth-order valence-electron chi connectivity index (χ4n) is 0.343. The summed E-state index contributed by atoms with van der Waals surface area (Å²) >= 11 is 0.742. The normalized spacial score (nSPS) is 14.5. The fraction of sp³-hybridized carbons (Fsp3) is 0.833. The molecule has 66 valence electrons. The summed E-state index contributed by atoms with van der Waals surface area (Å²) in [6.07, 6.45) is 0. The molecule has 1 N–H and O–H groups in total. The minimum atomic E-state index is -2.78. The zero-order valence-corrected chi connectivity index (χ0v) is 7.12. The molecule has 0 fully saturated rings. The second kappa shape index (κ2) is 3.90. The highest BCUT2D eigenvalue weighted by Crippen LogP contribution is 2.22. The van der Waals surface area contributed by atoms with Gasteiger partial charge in [0.25, 0.3) is 5.92 Å². The molecule has 0 saturated carbocycles. The van der Waals surface area contributed by atoms with Gasteiger partial charge in [-0.1, -0.05) is 0 Å². The second-order valence-electron chi connectivity index (χ2n) is 2.36. The molecule has 2 nitrogen and oxygen atoms in total. The van der Waals surface area contributed by atoms with Crippen molar-refractivity contribution in [2.24, 2.45) is 0 Å². The van der Waals surface area contributed by atoms with Gasteiger partial charge in [-0.25, -0.2) is 8.78 Å². The third-order valence-corrected chi connectivity index (χ3v) is 2.31. The van der Waals surface area contributed by atoms with Crippen LogP contribution in [0.2, 0.25) is 0 Å². The predicted octanol–water partition coefficient (Wildman–Crippen LogP) is 1.85. The lowest BCUT2D eigenvalue weighted by atomic mass is 10.5. The van der Waals surface area contributed by atoms with E-state index in [-0.39, 0.29) is 0 Å². The van der Waals surface area contributed by atoms with Gasteiger partial charge in [0.2, 0.25) is 0 Å². The lowest BCUT2D eigenvalue weighted by Crippen LogP contribution is -2.19. The van der Waals surface area contributed by atoms with Crippen molar-refractivity contribution in [3.05, 3.63) is 0 Å². The Bertz CT molecular complexity index is 144. The quantitative estimate of drug-likeness (QED) is 0.724. The summed E-state index contributed by atoms with van der Waals surface area (Å²) in [5, 5.41) is 7.55. The van der Waals surface area contributed by atoms with Crippen LogP contribution in [0.3, 0.4) is 0 Å². The average molecular weight is 184 g/mol. The van der Waals surface area contributed by atoms with Crippen LogP contribution in [0.4, 0.5) is 8.78 Å². The van der Waals surface area contributed by atoms with E-state index in [1.807, 2.05) is 0 Å². The molecular weight excluding hydrogens is 174 g/mol. The maximum atomic E-state index is 12.1. The second-order valence-corrected chi connectivity index (χ2v) is 3.69. The first kappa shape index (κ1) is 10.7. The van der Waals surface area contributed by atoms with Crippen LogP contribution in [-0.4, -0.2) is 28.0 Å².